The van der Waals surface area contributed by atoms with Gasteiger partial charge in [-0.2, -0.15) is 0 Å². The molecule has 1 fully saturated rings. The monoisotopic (exact) mass is 277 g/mol. The minimum atomic E-state index is -0.293. The van der Waals surface area contributed by atoms with E-state index in [1.807, 2.05) is 18.0 Å². The number of carbonyl (C=O) groups is 1. The van der Waals surface area contributed by atoms with Gasteiger partial charge in [0.25, 0.3) is 5.91 Å². The summed E-state index contributed by atoms with van der Waals surface area (Å²) in [4.78, 5) is 19.7. The third-order valence-corrected chi connectivity index (χ3v) is 3.95. The molecule has 2 unspecified atom stereocenters. The number of hydrogen-bond donors (Lipinski definition) is 1. The number of hydrogen-bond acceptors (Lipinski definition) is 4. The smallest absolute Gasteiger partial charge is 0.254 e. The van der Waals surface area contributed by atoms with Crippen LogP contribution in [0, 0.1) is 0 Å². The molecule has 1 aromatic heterocycles. The second-order valence-electron chi connectivity index (χ2n) is 5.63. The van der Waals surface area contributed by atoms with Crippen molar-refractivity contribution < 1.29 is 9.90 Å². The van der Waals surface area contributed by atoms with Crippen LogP contribution < -0.4 is 4.90 Å². The normalized spacial score (nSPS) is 22.4. The summed E-state index contributed by atoms with van der Waals surface area (Å²) in [6.07, 6.45) is 5.38. The predicted octanol–water partition coefficient (Wildman–Crippen LogP) is 1.52. The third kappa shape index (κ3) is 3.10. The van der Waals surface area contributed by atoms with E-state index in [1.165, 1.54) is 4.90 Å². The van der Waals surface area contributed by atoms with Gasteiger partial charge in [0.15, 0.2) is 0 Å². The molecular weight excluding hydrogens is 254 g/mol. The van der Waals surface area contributed by atoms with E-state index >= 15 is 0 Å². The van der Waals surface area contributed by atoms with E-state index in [9.17, 15) is 9.90 Å². The number of carbonyl (C=O) groups excluding carboxylic acids is 1. The first-order valence-corrected chi connectivity index (χ1v) is 7.09. The first kappa shape index (κ1) is 14.8. The molecule has 0 aliphatic heterocycles. The molecule has 110 valence electrons. The molecule has 0 aromatic carbocycles. The number of likely N-dealkylation sites (N-methyl/N-ethyl adjacent to an activating group) is 1. The van der Waals surface area contributed by atoms with Crippen molar-refractivity contribution in [3.63, 3.8) is 0 Å². The highest BCUT2D eigenvalue weighted by Gasteiger charge is 2.27. The summed E-state index contributed by atoms with van der Waals surface area (Å²) < 4.78 is 0. The average Bonchev–Trinajstić information content (AvgIpc) is 2.46. The molecule has 2 rings (SSSR count). The van der Waals surface area contributed by atoms with Gasteiger partial charge in [-0.15, -0.1) is 0 Å². The average molecular weight is 277 g/mol. The lowest BCUT2D eigenvalue weighted by Gasteiger charge is -2.35. The summed E-state index contributed by atoms with van der Waals surface area (Å²) in [7, 11) is 5.40. The third-order valence-electron chi connectivity index (χ3n) is 3.95. The Bertz CT molecular complexity index is 459. The molecule has 5 heteroatoms. The maximum atomic E-state index is 11.8. The number of aliphatic hydroxyl groups excluding tert-OH is 1. The van der Waals surface area contributed by atoms with E-state index < -0.39 is 0 Å². The summed E-state index contributed by atoms with van der Waals surface area (Å²) in [5.41, 5.74) is 0.580. The molecule has 0 bridgehead atoms. The van der Waals surface area contributed by atoms with E-state index in [1.54, 1.807) is 26.4 Å². The van der Waals surface area contributed by atoms with Crippen molar-refractivity contribution in [2.45, 2.75) is 37.8 Å². The van der Waals surface area contributed by atoms with Crippen LogP contribution in [0.1, 0.15) is 36.0 Å². The fraction of sp³-hybridized carbons (Fsp3) is 0.600. The van der Waals surface area contributed by atoms with E-state index in [0.717, 1.165) is 31.5 Å². The van der Waals surface area contributed by atoms with Gasteiger partial charge in [-0.05, 0) is 25.0 Å². The van der Waals surface area contributed by atoms with Crippen molar-refractivity contribution in [2.24, 2.45) is 0 Å². The topological polar surface area (TPSA) is 56.7 Å². The van der Waals surface area contributed by atoms with E-state index in [2.05, 4.69) is 4.98 Å². The lowest BCUT2D eigenvalue weighted by Crippen LogP contribution is -2.43. The highest BCUT2D eigenvalue weighted by Crippen LogP contribution is 2.25. The van der Waals surface area contributed by atoms with Crippen LogP contribution >= 0.6 is 0 Å². The summed E-state index contributed by atoms with van der Waals surface area (Å²) in [6, 6.07) is 3.75. The van der Waals surface area contributed by atoms with Gasteiger partial charge in [0, 0.05) is 27.3 Å². The second kappa shape index (κ2) is 6.22. The van der Waals surface area contributed by atoms with Gasteiger partial charge >= 0.3 is 0 Å². The SMILES string of the molecule is CN(C)C(=O)c1ccc(N(C)C2CCCCC2O)nc1. The van der Waals surface area contributed by atoms with Gasteiger partial charge < -0.3 is 14.9 Å². The molecule has 0 saturated heterocycles. The fourth-order valence-electron chi connectivity index (χ4n) is 2.69. The van der Waals surface area contributed by atoms with E-state index in [4.69, 9.17) is 0 Å². The van der Waals surface area contributed by atoms with Crippen molar-refractivity contribution in [1.29, 1.82) is 0 Å². The summed E-state index contributed by atoms with van der Waals surface area (Å²) >= 11 is 0. The van der Waals surface area contributed by atoms with Crippen LogP contribution in [0.5, 0.6) is 0 Å². The van der Waals surface area contributed by atoms with E-state index in [0.29, 0.717) is 5.56 Å². The zero-order valence-electron chi connectivity index (χ0n) is 12.4. The Morgan fingerprint density at radius 3 is 2.50 bits per heavy atom. The summed E-state index contributed by atoms with van der Waals surface area (Å²) in [6.45, 7) is 0. The Morgan fingerprint density at radius 2 is 1.95 bits per heavy atom. The zero-order valence-corrected chi connectivity index (χ0v) is 12.4. The number of rotatable bonds is 3. The van der Waals surface area contributed by atoms with Crippen LogP contribution in [-0.4, -0.2) is 54.2 Å². The second-order valence-corrected chi connectivity index (χ2v) is 5.63. The van der Waals surface area contributed by atoms with Gasteiger partial charge in [-0.25, -0.2) is 4.98 Å². The number of pyridine rings is 1. The van der Waals surface area contributed by atoms with Gasteiger partial charge in [0.05, 0.1) is 17.7 Å². The quantitative estimate of drug-likeness (QED) is 0.910. The largest absolute Gasteiger partial charge is 0.391 e. The maximum Gasteiger partial charge on any atom is 0.254 e. The fourth-order valence-corrected chi connectivity index (χ4v) is 2.69. The molecule has 5 nitrogen and oxygen atoms in total. The molecule has 1 aliphatic rings. The molecular formula is C15H23N3O2. The molecule has 2 atom stereocenters. The Balaban J connectivity index is 2.11. The van der Waals surface area contributed by atoms with Crippen molar-refractivity contribution in [3.8, 4) is 0 Å². The van der Waals surface area contributed by atoms with Gasteiger partial charge in [-0.1, -0.05) is 12.8 Å². The highest BCUT2D eigenvalue weighted by atomic mass is 16.3. The van der Waals surface area contributed by atoms with Crippen LogP contribution in [0.4, 0.5) is 5.82 Å². The molecule has 20 heavy (non-hydrogen) atoms. The standard InChI is InChI=1S/C15H23N3O2/c1-17(2)15(20)11-8-9-14(16-10-11)18(3)12-6-4-5-7-13(12)19/h8-10,12-13,19H,4-7H2,1-3H3. The minimum Gasteiger partial charge on any atom is -0.391 e. The van der Waals surface area contributed by atoms with Crippen molar-refractivity contribution in [2.75, 3.05) is 26.0 Å². The molecule has 1 aromatic rings. The Hall–Kier alpha value is -1.62. The Kier molecular flexibility index (Phi) is 4.60. The van der Waals surface area contributed by atoms with Crippen LogP contribution in [0.25, 0.3) is 0 Å². The highest BCUT2D eigenvalue weighted by molar-refractivity contribution is 5.93. The Morgan fingerprint density at radius 1 is 1.25 bits per heavy atom. The molecule has 1 N–H and O–H groups in total. The molecule has 1 amide bonds. The van der Waals surface area contributed by atoms with Gasteiger partial charge in [0.1, 0.15) is 5.82 Å². The first-order valence-electron chi connectivity index (χ1n) is 7.09. The van der Waals surface area contributed by atoms with Gasteiger partial charge in [0.2, 0.25) is 0 Å². The number of amides is 1. The number of anilines is 1. The lowest BCUT2D eigenvalue weighted by atomic mass is 9.91. The number of aromatic nitrogens is 1. The number of nitrogens with zero attached hydrogens (tertiary/aromatic N) is 3. The molecule has 1 aliphatic carbocycles. The molecule has 0 radical (unpaired) electrons. The summed E-state index contributed by atoms with van der Waals surface area (Å²) in [5.74, 6) is 0.746. The zero-order chi connectivity index (χ0) is 14.7. The van der Waals surface area contributed by atoms with Crippen LogP contribution in [0.3, 0.4) is 0 Å². The minimum absolute atomic E-state index is 0.0515. The molecule has 1 heterocycles. The lowest BCUT2D eigenvalue weighted by molar-refractivity contribution is 0.0827. The predicted molar refractivity (Wildman–Crippen MR) is 78.9 cm³/mol. The van der Waals surface area contributed by atoms with Crippen molar-refractivity contribution >= 4 is 11.7 Å². The molecule has 1 saturated carbocycles. The van der Waals surface area contributed by atoms with E-state index in [-0.39, 0.29) is 18.1 Å². The van der Waals surface area contributed by atoms with Crippen molar-refractivity contribution in [1.82, 2.24) is 9.88 Å². The van der Waals surface area contributed by atoms with Crippen LogP contribution in [-0.2, 0) is 0 Å². The number of aliphatic hydroxyl groups is 1. The van der Waals surface area contributed by atoms with Crippen molar-refractivity contribution in [3.05, 3.63) is 23.9 Å². The summed E-state index contributed by atoms with van der Waals surface area (Å²) in [5, 5.41) is 10.1. The Labute approximate surface area is 120 Å². The van der Waals surface area contributed by atoms with Crippen LogP contribution in [0.15, 0.2) is 18.3 Å². The maximum absolute atomic E-state index is 11.8. The van der Waals surface area contributed by atoms with Gasteiger partial charge in [-0.3, -0.25) is 4.79 Å². The molecule has 0 spiro atoms. The van der Waals surface area contributed by atoms with Crippen LogP contribution in [0.2, 0.25) is 0 Å². The first-order chi connectivity index (χ1) is 9.50.